The molecule has 2 amide bonds. The minimum atomic E-state index is 0.0556. The Labute approximate surface area is 108 Å². The molecule has 0 aromatic carbocycles. The molecule has 1 unspecified atom stereocenters. The van der Waals surface area contributed by atoms with Crippen LogP contribution in [0.15, 0.2) is 22.8 Å². The van der Waals surface area contributed by atoms with Crippen LogP contribution >= 0.6 is 0 Å². The van der Waals surface area contributed by atoms with Crippen LogP contribution in [0.3, 0.4) is 0 Å². The minimum Gasteiger partial charge on any atom is -0.469 e. The average Bonchev–Trinajstić information content (AvgIpc) is 2.99. The summed E-state index contributed by atoms with van der Waals surface area (Å²) in [5.74, 6) is 1.03. The second-order valence-corrected chi connectivity index (χ2v) is 4.69. The summed E-state index contributed by atoms with van der Waals surface area (Å²) in [6.07, 6.45) is 3.70. The summed E-state index contributed by atoms with van der Waals surface area (Å²) in [7, 11) is 0. The Kier molecular flexibility index (Phi) is 4.64. The number of rotatable bonds is 7. The van der Waals surface area contributed by atoms with Gasteiger partial charge >= 0.3 is 6.03 Å². The lowest BCUT2D eigenvalue weighted by Crippen LogP contribution is -2.37. The number of hydrogen-bond acceptors (Lipinski definition) is 3. The lowest BCUT2D eigenvalue weighted by atomic mass is 10.1. The van der Waals surface area contributed by atoms with Crippen molar-refractivity contribution < 1.29 is 9.21 Å². The van der Waals surface area contributed by atoms with Crippen molar-refractivity contribution in [3.8, 4) is 0 Å². The van der Waals surface area contributed by atoms with E-state index < -0.39 is 0 Å². The summed E-state index contributed by atoms with van der Waals surface area (Å²) in [5, 5.41) is 6.23. The lowest BCUT2D eigenvalue weighted by molar-refractivity contribution is 0.217. The largest absolute Gasteiger partial charge is 0.469 e. The van der Waals surface area contributed by atoms with Crippen LogP contribution in [0.1, 0.15) is 19.1 Å². The molecule has 0 aliphatic carbocycles. The van der Waals surface area contributed by atoms with Crippen LogP contribution in [0.5, 0.6) is 0 Å². The van der Waals surface area contributed by atoms with E-state index >= 15 is 0 Å². The van der Waals surface area contributed by atoms with Crippen LogP contribution in [0, 0.1) is 0 Å². The number of hydrogen-bond donors (Lipinski definition) is 2. The van der Waals surface area contributed by atoms with Crippen molar-refractivity contribution in [1.82, 2.24) is 15.5 Å². The highest BCUT2D eigenvalue weighted by Gasteiger charge is 2.18. The van der Waals surface area contributed by atoms with Crippen molar-refractivity contribution in [2.45, 2.75) is 25.8 Å². The molecule has 0 radical (unpaired) electrons. The fourth-order valence-electron chi connectivity index (χ4n) is 2.09. The average molecular weight is 251 g/mol. The molecule has 2 N–H and O–H groups in total. The lowest BCUT2D eigenvalue weighted by Gasteiger charge is -2.17. The summed E-state index contributed by atoms with van der Waals surface area (Å²) in [5.41, 5.74) is 0. The predicted molar refractivity (Wildman–Crippen MR) is 69.5 cm³/mol. The second kappa shape index (κ2) is 6.44. The van der Waals surface area contributed by atoms with Crippen molar-refractivity contribution >= 4 is 6.03 Å². The van der Waals surface area contributed by atoms with Gasteiger partial charge in [0.05, 0.1) is 6.26 Å². The van der Waals surface area contributed by atoms with Gasteiger partial charge in [-0.3, -0.25) is 0 Å². The molecule has 5 heteroatoms. The third kappa shape index (κ3) is 3.77. The van der Waals surface area contributed by atoms with E-state index in [-0.39, 0.29) is 6.03 Å². The molecule has 1 aliphatic rings. The summed E-state index contributed by atoms with van der Waals surface area (Å²) in [4.78, 5) is 13.1. The van der Waals surface area contributed by atoms with Crippen molar-refractivity contribution in [2.24, 2.45) is 0 Å². The molecule has 100 valence electrons. The number of nitrogens with zero attached hydrogens (tertiary/aromatic N) is 1. The highest BCUT2D eigenvalue weighted by atomic mass is 16.3. The number of nitrogens with one attached hydrogen (secondary N) is 2. The Balaban J connectivity index is 1.57. The maximum absolute atomic E-state index is 11.3. The van der Waals surface area contributed by atoms with E-state index in [1.165, 1.54) is 0 Å². The molecular weight excluding hydrogens is 230 g/mol. The maximum atomic E-state index is 11.3. The normalized spacial score (nSPS) is 16.9. The highest BCUT2D eigenvalue weighted by Crippen LogP contribution is 2.05. The smallest absolute Gasteiger partial charge is 0.317 e. The Morgan fingerprint density at radius 2 is 2.50 bits per heavy atom. The maximum Gasteiger partial charge on any atom is 0.317 e. The van der Waals surface area contributed by atoms with Crippen LogP contribution < -0.4 is 10.6 Å². The van der Waals surface area contributed by atoms with Gasteiger partial charge in [-0.2, -0.15) is 0 Å². The van der Waals surface area contributed by atoms with E-state index in [0.717, 1.165) is 44.8 Å². The number of furan rings is 1. The van der Waals surface area contributed by atoms with Gasteiger partial charge in [-0.25, -0.2) is 4.79 Å². The zero-order valence-corrected chi connectivity index (χ0v) is 10.8. The number of urea groups is 1. The van der Waals surface area contributed by atoms with Gasteiger partial charge in [0.25, 0.3) is 0 Å². The van der Waals surface area contributed by atoms with Gasteiger partial charge in [-0.1, -0.05) is 0 Å². The van der Waals surface area contributed by atoms with Crippen molar-refractivity contribution in [1.29, 1.82) is 0 Å². The topological polar surface area (TPSA) is 57.5 Å². The number of aryl methyl sites for hydroxylation is 1. The Morgan fingerprint density at radius 3 is 3.17 bits per heavy atom. The molecule has 0 saturated carbocycles. The van der Waals surface area contributed by atoms with E-state index in [9.17, 15) is 4.79 Å². The zero-order chi connectivity index (χ0) is 12.8. The first-order valence-electron chi connectivity index (χ1n) is 6.54. The monoisotopic (exact) mass is 251 g/mol. The Morgan fingerprint density at radius 1 is 1.61 bits per heavy atom. The molecule has 1 atom stereocenters. The SMILES string of the molecule is CC(CCc1ccco1)NCCN1CCNC1=O. The molecular formula is C13H21N3O2. The van der Waals surface area contributed by atoms with Gasteiger partial charge < -0.3 is 20.0 Å². The van der Waals surface area contributed by atoms with Crippen LogP contribution in [0.2, 0.25) is 0 Å². The molecule has 1 aromatic rings. The van der Waals surface area contributed by atoms with Gasteiger partial charge in [0.1, 0.15) is 5.76 Å². The molecule has 1 aromatic heterocycles. The summed E-state index contributed by atoms with van der Waals surface area (Å²) in [6, 6.07) is 4.40. The van der Waals surface area contributed by atoms with Crippen LogP contribution in [-0.2, 0) is 6.42 Å². The van der Waals surface area contributed by atoms with Crippen LogP contribution in [0.25, 0.3) is 0 Å². The van der Waals surface area contributed by atoms with Crippen molar-refractivity contribution in [3.63, 3.8) is 0 Å². The highest BCUT2D eigenvalue weighted by molar-refractivity contribution is 5.76. The first-order valence-corrected chi connectivity index (χ1v) is 6.54. The summed E-state index contributed by atoms with van der Waals surface area (Å²) in [6.45, 7) is 5.37. The van der Waals surface area contributed by atoms with E-state index in [2.05, 4.69) is 17.6 Å². The van der Waals surface area contributed by atoms with Gasteiger partial charge in [0.2, 0.25) is 0 Å². The summed E-state index contributed by atoms with van der Waals surface area (Å²) >= 11 is 0. The zero-order valence-electron chi connectivity index (χ0n) is 10.8. The number of carbonyl (C=O) groups is 1. The van der Waals surface area contributed by atoms with Crippen LogP contribution in [-0.4, -0.2) is 43.2 Å². The Bertz CT molecular complexity index is 364. The van der Waals surface area contributed by atoms with E-state index in [1.54, 1.807) is 6.26 Å². The van der Waals surface area contributed by atoms with Gasteiger partial charge in [-0.05, 0) is 25.5 Å². The molecule has 1 fully saturated rings. The molecule has 1 aliphatic heterocycles. The first-order chi connectivity index (χ1) is 8.75. The van der Waals surface area contributed by atoms with Crippen molar-refractivity contribution in [2.75, 3.05) is 26.2 Å². The number of amides is 2. The fourth-order valence-corrected chi connectivity index (χ4v) is 2.09. The summed E-state index contributed by atoms with van der Waals surface area (Å²) < 4.78 is 5.29. The molecule has 0 spiro atoms. The molecule has 2 rings (SSSR count). The van der Waals surface area contributed by atoms with E-state index in [1.807, 2.05) is 17.0 Å². The second-order valence-electron chi connectivity index (χ2n) is 4.69. The number of carbonyl (C=O) groups excluding carboxylic acids is 1. The Hall–Kier alpha value is -1.49. The fraction of sp³-hybridized carbons (Fsp3) is 0.615. The molecule has 1 saturated heterocycles. The van der Waals surface area contributed by atoms with E-state index in [4.69, 9.17) is 4.42 Å². The van der Waals surface area contributed by atoms with Gasteiger partial charge in [-0.15, -0.1) is 0 Å². The molecule has 0 bridgehead atoms. The van der Waals surface area contributed by atoms with Gasteiger partial charge in [0.15, 0.2) is 0 Å². The van der Waals surface area contributed by atoms with Gasteiger partial charge in [0, 0.05) is 38.6 Å². The van der Waals surface area contributed by atoms with Crippen LogP contribution in [0.4, 0.5) is 4.79 Å². The standard InChI is InChI=1S/C13H21N3O2/c1-11(4-5-12-3-2-10-18-12)14-6-8-16-9-7-15-13(16)17/h2-3,10-11,14H,4-9H2,1H3,(H,15,17). The molecule has 18 heavy (non-hydrogen) atoms. The third-order valence-electron chi connectivity index (χ3n) is 3.22. The minimum absolute atomic E-state index is 0.0556. The molecule has 2 heterocycles. The van der Waals surface area contributed by atoms with Crippen molar-refractivity contribution in [3.05, 3.63) is 24.2 Å². The quantitative estimate of drug-likeness (QED) is 0.766. The molecule has 5 nitrogen and oxygen atoms in total. The van der Waals surface area contributed by atoms with E-state index in [0.29, 0.717) is 6.04 Å². The third-order valence-corrected chi connectivity index (χ3v) is 3.22. The first kappa shape index (κ1) is 13.0. The predicted octanol–water partition coefficient (Wildman–Crippen LogP) is 1.22.